The van der Waals surface area contributed by atoms with Gasteiger partial charge in [0, 0.05) is 12.7 Å². The van der Waals surface area contributed by atoms with Crippen LogP contribution in [0.25, 0.3) is 0 Å². The standard InChI is InChI=1S/C12H13N3OS2/c1-9(18-12-14-13-8-17-12)11(16)15(2)10-6-4-3-5-7-10/h3-9H,1-2H3/t9-/m1/s1. The zero-order chi connectivity index (χ0) is 13.0. The summed E-state index contributed by atoms with van der Waals surface area (Å²) in [7, 11) is 1.79. The Morgan fingerprint density at radius 1 is 1.39 bits per heavy atom. The molecule has 1 aromatic heterocycles. The van der Waals surface area contributed by atoms with Gasteiger partial charge in [0.05, 0.1) is 5.25 Å². The fraction of sp³-hybridized carbons (Fsp3) is 0.250. The molecule has 2 aromatic rings. The van der Waals surface area contributed by atoms with Crippen molar-refractivity contribution in [3.8, 4) is 0 Å². The van der Waals surface area contributed by atoms with Gasteiger partial charge < -0.3 is 4.90 Å². The van der Waals surface area contributed by atoms with Gasteiger partial charge in [-0.25, -0.2) is 0 Å². The molecule has 94 valence electrons. The minimum atomic E-state index is -0.178. The molecule has 1 atom stereocenters. The molecule has 0 aliphatic rings. The number of carbonyl (C=O) groups excluding carboxylic acids is 1. The maximum Gasteiger partial charge on any atom is 0.240 e. The summed E-state index contributed by atoms with van der Waals surface area (Å²) in [5, 5.41) is 7.51. The predicted octanol–water partition coefficient (Wildman–Crippen LogP) is 2.68. The fourth-order valence-corrected chi connectivity index (χ4v) is 3.19. The van der Waals surface area contributed by atoms with E-state index >= 15 is 0 Å². The molecule has 0 bridgehead atoms. The minimum absolute atomic E-state index is 0.0569. The van der Waals surface area contributed by atoms with Crippen molar-refractivity contribution in [2.75, 3.05) is 11.9 Å². The van der Waals surface area contributed by atoms with Crippen molar-refractivity contribution in [2.24, 2.45) is 0 Å². The molecule has 1 aromatic carbocycles. The Labute approximate surface area is 114 Å². The van der Waals surface area contributed by atoms with E-state index < -0.39 is 0 Å². The van der Waals surface area contributed by atoms with Gasteiger partial charge in [-0.1, -0.05) is 41.3 Å². The van der Waals surface area contributed by atoms with Gasteiger partial charge in [-0.3, -0.25) is 4.79 Å². The second-order valence-corrected chi connectivity index (χ2v) is 6.12. The molecule has 4 nitrogen and oxygen atoms in total. The molecule has 0 radical (unpaired) electrons. The highest BCUT2D eigenvalue weighted by atomic mass is 32.2. The van der Waals surface area contributed by atoms with Gasteiger partial charge in [0.15, 0.2) is 4.34 Å². The van der Waals surface area contributed by atoms with Crippen LogP contribution in [0.5, 0.6) is 0 Å². The number of thioether (sulfide) groups is 1. The smallest absolute Gasteiger partial charge is 0.240 e. The molecular weight excluding hydrogens is 266 g/mol. The van der Waals surface area contributed by atoms with Crippen LogP contribution in [0.3, 0.4) is 0 Å². The third kappa shape index (κ3) is 3.08. The quantitative estimate of drug-likeness (QED) is 0.807. The van der Waals surface area contributed by atoms with Gasteiger partial charge >= 0.3 is 0 Å². The molecule has 0 saturated heterocycles. The average Bonchev–Trinajstić information content (AvgIpc) is 2.91. The van der Waals surface area contributed by atoms with Crippen molar-refractivity contribution in [3.63, 3.8) is 0 Å². The molecule has 0 saturated carbocycles. The van der Waals surface area contributed by atoms with Crippen LogP contribution in [-0.4, -0.2) is 28.4 Å². The van der Waals surface area contributed by atoms with Gasteiger partial charge in [-0.2, -0.15) is 0 Å². The Morgan fingerprint density at radius 3 is 2.72 bits per heavy atom. The monoisotopic (exact) mass is 279 g/mol. The normalized spacial score (nSPS) is 12.1. The van der Waals surface area contributed by atoms with E-state index in [-0.39, 0.29) is 11.2 Å². The Kier molecular flexibility index (Phi) is 4.33. The summed E-state index contributed by atoms with van der Waals surface area (Å²) in [6.45, 7) is 1.88. The highest BCUT2D eigenvalue weighted by molar-refractivity contribution is 8.02. The number of benzene rings is 1. The number of para-hydroxylation sites is 1. The highest BCUT2D eigenvalue weighted by Crippen LogP contribution is 2.26. The van der Waals surface area contributed by atoms with Gasteiger partial charge in [-0.15, -0.1) is 10.2 Å². The Morgan fingerprint density at radius 2 is 2.11 bits per heavy atom. The first-order valence-corrected chi connectivity index (χ1v) is 7.20. The molecule has 0 N–H and O–H groups in total. The van der Waals surface area contributed by atoms with Crippen LogP contribution in [0.4, 0.5) is 5.69 Å². The first-order valence-electron chi connectivity index (χ1n) is 5.44. The maximum absolute atomic E-state index is 12.2. The Balaban J connectivity index is 2.02. The summed E-state index contributed by atoms with van der Waals surface area (Å²) in [5.74, 6) is 0.0569. The molecule has 2 rings (SSSR count). The van der Waals surface area contributed by atoms with Crippen LogP contribution >= 0.6 is 23.1 Å². The van der Waals surface area contributed by atoms with Crippen LogP contribution in [0.2, 0.25) is 0 Å². The number of carbonyl (C=O) groups is 1. The SMILES string of the molecule is C[C@@H](Sc1nncs1)C(=O)N(C)c1ccccc1. The van der Waals surface area contributed by atoms with E-state index in [4.69, 9.17) is 0 Å². The zero-order valence-corrected chi connectivity index (χ0v) is 11.7. The van der Waals surface area contributed by atoms with Crippen molar-refractivity contribution in [1.29, 1.82) is 0 Å². The van der Waals surface area contributed by atoms with Gasteiger partial charge in [-0.05, 0) is 19.1 Å². The lowest BCUT2D eigenvalue weighted by Gasteiger charge is -2.20. The van der Waals surface area contributed by atoms with Gasteiger partial charge in [0.2, 0.25) is 5.91 Å². The van der Waals surface area contributed by atoms with Crippen molar-refractivity contribution < 1.29 is 4.79 Å². The minimum Gasteiger partial charge on any atom is -0.315 e. The van der Waals surface area contributed by atoms with E-state index in [2.05, 4.69) is 10.2 Å². The first kappa shape index (κ1) is 13.0. The number of amides is 1. The summed E-state index contributed by atoms with van der Waals surface area (Å²) < 4.78 is 0.817. The summed E-state index contributed by atoms with van der Waals surface area (Å²) in [6.07, 6.45) is 0. The zero-order valence-electron chi connectivity index (χ0n) is 10.1. The van der Waals surface area contributed by atoms with Crippen LogP contribution < -0.4 is 4.90 Å². The molecule has 6 heteroatoms. The molecule has 0 fully saturated rings. The number of rotatable bonds is 4. The number of nitrogens with zero attached hydrogens (tertiary/aromatic N) is 3. The summed E-state index contributed by atoms with van der Waals surface area (Å²) in [4.78, 5) is 13.9. The summed E-state index contributed by atoms with van der Waals surface area (Å²) in [6, 6.07) is 9.60. The average molecular weight is 279 g/mol. The van der Waals surface area contributed by atoms with E-state index in [9.17, 15) is 4.79 Å². The van der Waals surface area contributed by atoms with E-state index in [0.29, 0.717) is 0 Å². The third-order valence-corrected chi connectivity index (χ3v) is 4.34. The summed E-state index contributed by atoms with van der Waals surface area (Å²) in [5.41, 5.74) is 2.56. The lowest BCUT2D eigenvalue weighted by molar-refractivity contribution is -0.117. The van der Waals surface area contributed by atoms with Gasteiger partial charge in [0.25, 0.3) is 0 Å². The van der Waals surface area contributed by atoms with Crippen molar-refractivity contribution in [3.05, 3.63) is 35.8 Å². The number of hydrogen-bond donors (Lipinski definition) is 0. The lowest BCUT2D eigenvalue weighted by atomic mass is 10.3. The second-order valence-electron chi connectivity index (χ2n) is 3.70. The van der Waals surface area contributed by atoms with Crippen LogP contribution in [0.1, 0.15) is 6.92 Å². The summed E-state index contributed by atoms with van der Waals surface area (Å²) >= 11 is 2.88. The predicted molar refractivity (Wildman–Crippen MR) is 75.1 cm³/mol. The van der Waals surface area contributed by atoms with Crippen molar-refractivity contribution in [1.82, 2.24) is 10.2 Å². The largest absolute Gasteiger partial charge is 0.315 e. The first-order chi connectivity index (χ1) is 8.68. The van der Waals surface area contributed by atoms with Crippen LogP contribution in [-0.2, 0) is 4.79 Å². The van der Waals surface area contributed by atoms with E-state index in [1.807, 2.05) is 37.3 Å². The van der Waals surface area contributed by atoms with E-state index in [0.717, 1.165) is 10.0 Å². The number of aromatic nitrogens is 2. The maximum atomic E-state index is 12.2. The van der Waals surface area contributed by atoms with E-state index in [1.54, 1.807) is 17.5 Å². The van der Waals surface area contributed by atoms with Gasteiger partial charge in [0.1, 0.15) is 5.51 Å². The topological polar surface area (TPSA) is 46.1 Å². The second kappa shape index (κ2) is 5.97. The van der Waals surface area contributed by atoms with E-state index in [1.165, 1.54) is 23.1 Å². The fourth-order valence-electron chi connectivity index (χ4n) is 1.47. The molecule has 0 spiro atoms. The van der Waals surface area contributed by atoms with Crippen LogP contribution in [0, 0.1) is 0 Å². The highest BCUT2D eigenvalue weighted by Gasteiger charge is 2.20. The third-order valence-electron chi connectivity index (χ3n) is 2.44. The Hall–Kier alpha value is -1.40. The van der Waals surface area contributed by atoms with Crippen LogP contribution in [0.15, 0.2) is 40.2 Å². The molecular formula is C12H13N3OS2. The van der Waals surface area contributed by atoms with Crippen molar-refractivity contribution >= 4 is 34.7 Å². The molecule has 0 aliphatic heterocycles. The Bertz CT molecular complexity index is 501. The van der Waals surface area contributed by atoms with Crippen molar-refractivity contribution in [2.45, 2.75) is 16.5 Å². The molecule has 0 unspecified atom stereocenters. The molecule has 1 amide bonds. The lowest BCUT2D eigenvalue weighted by Crippen LogP contribution is -2.33. The number of anilines is 1. The molecule has 18 heavy (non-hydrogen) atoms. The number of hydrogen-bond acceptors (Lipinski definition) is 5. The molecule has 1 heterocycles. The molecule has 0 aliphatic carbocycles.